The number of anilines is 1. The van der Waals surface area contributed by atoms with Crippen molar-refractivity contribution in [3.8, 4) is 0 Å². The second kappa shape index (κ2) is 7.56. The summed E-state index contributed by atoms with van der Waals surface area (Å²) < 4.78 is 10.7. The number of hydrogen-bond acceptors (Lipinski definition) is 5. The normalized spacial score (nSPS) is 23.2. The van der Waals surface area contributed by atoms with Gasteiger partial charge in [-0.05, 0) is 32.9 Å². The van der Waals surface area contributed by atoms with Gasteiger partial charge in [-0.1, -0.05) is 0 Å². The predicted octanol–water partition coefficient (Wildman–Crippen LogP) is 1.46. The minimum Gasteiger partial charge on any atom is -0.383 e. The van der Waals surface area contributed by atoms with Crippen molar-refractivity contribution in [2.24, 2.45) is 0 Å². The fourth-order valence-electron chi connectivity index (χ4n) is 2.67. The molecule has 3 atom stereocenters. The topological polar surface area (TPSA) is 63.7 Å². The number of carbonyl (C=O) groups is 1. The molecule has 1 fully saturated rings. The van der Waals surface area contributed by atoms with Crippen molar-refractivity contribution in [3.63, 3.8) is 0 Å². The zero-order valence-corrected chi connectivity index (χ0v) is 13.7. The summed E-state index contributed by atoms with van der Waals surface area (Å²) >= 11 is 0. The molecule has 1 N–H and O–H groups in total. The van der Waals surface area contributed by atoms with Gasteiger partial charge in [-0.3, -0.25) is 4.79 Å². The van der Waals surface area contributed by atoms with Crippen molar-refractivity contribution in [2.45, 2.75) is 39.0 Å². The number of rotatable bonds is 5. The molecule has 1 saturated heterocycles. The molecule has 2 heterocycles. The van der Waals surface area contributed by atoms with Crippen LogP contribution in [0.5, 0.6) is 0 Å². The first kappa shape index (κ1) is 16.7. The second-order valence-electron chi connectivity index (χ2n) is 5.90. The van der Waals surface area contributed by atoms with Crippen LogP contribution in [0, 0.1) is 0 Å². The highest BCUT2D eigenvalue weighted by molar-refractivity contribution is 5.94. The van der Waals surface area contributed by atoms with Gasteiger partial charge in [0.15, 0.2) is 0 Å². The minimum absolute atomic E-state index is 0.0295. The van der Waals surface area contributed by atoms with Gasteiger partial charge in [0.25, 0.3) is 5.91 Å². The molecule has 0 bridgehead atoms. The van der Waals surface area contributed by atoms with Crippen LogP contribution in [0.1, 0.15) is 31.1 Å². The first-order valence-electron chi connectivity index (χ1n) is 7.66. The molecule has 122 valence electrons. The number of ether oxygens (including phenoxy) is 2. The second-order valence-corrected chi connectivity index (χ2v) is 5.90. The summed E-state index contributed by atoms with van der Waals surface area (Å²) in [4.78, 5) is 18.7. The first-order chi connectivity index (χ1) is 10.5. The molecule has 0 aromatic carbocycles. The summed E-state index contributed by atoms with van der Waals surface area (Å²) in [5, 5.41) is 2.87. The molecule has 2 rings (SSSR count). The van der Waals surface area contributed by atoms with E-state index in [1.165, 1.54) is 0 Å². The smallest absolute Gasteiger partial charge is 0.253 e. The third-order valence-corrected chi connectivity index (χ3v) is 3.55. The van der Waals surface area contributed by atoms with E-state index >= 15 is 0 Å². The summed E-state index contributed by atoms with van der Waals surface area (Å²) in [6.07, 6.45) is 1.99. The van der Waals surface area contributed by atoms with Crippen molar-refractivity contribution in [2.75, 3.05) is 31.7 Å². The highest BCUT2D eigenvalue weighted by Gasteiger charge is 2.23. The number of amides is 1. The van der Waals surface area contributed by atoms with Crippen LogP contribution in [0.15, 0.2) is 18.3 Å². The van der Waals surface area contributed by atoms with Crippen molar-refractivity contribution in [1.29, 1.82) is 0 Å². The van der Waals surface area contributed by atoms with Crippen molar-refractivity contribution < 1.29 is 14.3 Å². The zero-order chi connectivity index (χ0) is 16.1. The maximum Gasteiger partial charge on any atom is 0.253 e. The molecule has 1 aliphatic heterocycles. The number of carbonyl (C=O) groups excluding carboxylic acids is 1. The number of methoxy groups -OCH3 is 1. The summed E-state index contributed by atoms with van der Waals surface area (Å²) in [5.74, 6) is 0.746. The van der Waals surface area contributed by atoms with E-state index in [-0.39, 0.29) is 24.2 Å². The summed E-state index contributed by atoms with van der Waals surface area (Å²) in [6, 6.07) is 3.67. The van der Waals surface area contributed by atoms with Gasteiger partial charge in [-0.15, -0.1) is 0 Å². The van der Waals surface area contributed by atoms with Crippen LogP contribution in [0.2, 0.25) is 0 Å². The van der Waals surface area contributed by atoms with E-state index in [1.54, 1.807) is 13.3 Å². The van der Waals surface area contributed by atoms with Crippen LogP contribution in [-0.4, -0.2) is 55.9 Å². The fraction of sp³-hybridized carbons (Fsp3) is 0.625. The Kier molecular flexibility index (Phi) is 5.74. The predicted molar refractivity (Wildman–Crippen MR) is 85.3 cm³/mol. The molecule has 0 aliphatic carbocycles. The molecular formula is C16H25N3O3. The van der Waals surface area contributed by atoms with Gasteiger partial charge in [0, 0.05) is 32.4 Å². The molecule has 1 amide bonds. The van der Waals surface area contributed by atoms with Gasteiger partial charge in [-0.2, -0.15) is 0 Å². The largest absolute Gasteiger partial charge is 0.383 e. The SMILES string of the molecule is COC[C@@H](C)NC(=O)c1ccc(N2C[C@@H](C)O[C@@H](C)C2)nc1. The number of nitrogens with one attached hydrogen (secondary N) is 1. The van der Waals surface area contributed by atoms with Crippen LogP contribution in [0.3, 0.4) is 0 Å². The van der Waals surface area contributed by atoms with E-state index in [9.17, 15) is 4.79 Å². The molecule has 0 saturated carbocycles. The third-order valence-electron chi connectivity index (χ3n) is 3.55. The van der Waals surface area contributed by atoms with Crippen molar-refractivity contribution in [3.05, 3.63) is 23.9 Å². The lowest BCUT2D eigenvalue weighted by molar-refractivity contribution is -0.00546. The van der Waals surface area contributed by atoms with E-state index in [4.69, 9.17) is 9.47 Å². The molecule has 0 radical (unpaired) electrons. The molecule has 1 aliphatic rings. The number of morpholine rings is 1. The average molecular weight is 307 g/mol. The lowest BCUT2D eigenvalue weighted by Crippen LogP contribution is -2.45. The molecule has 0 unspecified atom stereocenters. The van der Waals surface area contributed by atoms with Gasteiger partial charge in [0.05, 0.1) is 24.4 Å². The number of aromatic nitrogens is 1. The highest BCUT2D eigenvalue weighted by atomic mass is 16.5. The Morgan fingerprint density at radius 3 is 2.68 bits per heavy atom. The quantitative estimate of drug-likeness (QED) is 0.892. The number of nitrogens with zero attached hydrogens (tertiary/aromatic N) is 2. The van der Waals surface area contributed by atoms with E-state index < -0.39 is 0 Å². The van der Waals surface area contributed by atoms with Gasteiger partial charge in [-0.25, -0.2) is 4.98 Å². The van der Waals surface area contributed by atoms with Crippen LogP contribution < -0.4 is 10.2 Å². The molecule has 6 nitrogen and oxygen atoms in total. The van der Waals surface area contributed by atoms with E-state index in [0.29, 0.717) is 12.2 Å². The highest BCUT2D eigenvalue weighted by Crippen LogP contribution is 2.18. The Balaban J connectivity index is 1.99. The lowest BCUT2D eigenvalue weighted by Gasteiger charge is -2.36. The monoisotopic (exact) mass is 307 g/mol. The number of hydrogen-bond donors (Lipinski definition) is 1. The molecule has 0 spiro atoms. The number of pyridine rings is 1. The summed E-state index contributed by atoms with van der Waals surface area (Å²) in [5.41, 5.74) is 0.557. The van der Waals surface area contributed by atoms with Crippen LogP contribution in [0.25, 0.3) is 0 Å². The maximum atomic E-state index is 12.1. The van der Waals surface area contributed by atoms with Gasteiger partial charge >= 0.3 is 0 Å². The van der Waals surface area contributed by atoms with E-state index in [1.807, 2.05) is 19.1 Å². The van der Waals surface area contributed by atoms with Gasteiger partial charge in [0.2, 0.25) is 0 Å². The van der Waals surface area contributed by atoms with Gasteiger partial charge < -0.3 is 19.7 Å². The first-order valence-corrected chi connectivity index (χ1v) is 7.66. The van der Waals surface area contributed by atoms with Crippen molar-refractivity contribution >= 4 is 11.7 Å². The fourth-order valence-corrected chi connectivity index (χ4v) is 2.67. The molecule has 1 aromatic rings. The molecule has 22 heavy (non-hydrogen) atoms. The molecule has 1 aromatic heterocycles. The Hall–Kier alpha value is -1.66. The Labute approximate surface area is 131 Å². The zero-order valence-electron chi connectivity index (χ0n) is 13.7. The third kappa shape index (κ3) is 4.42. The summed E-state index contributed by atoms with van der Waals surface area (Å²) in [7, 11) is 1.61. The minimum atomic E-state index is -0.132. The molecular weight excluding hydrogens is 282 g/mol. The van der Waals surface area contributed by atoms with E-state index in [0.717, 1.165) is 18.9 Å². The average Bonchev–Trinajstić information content (AvgIpc) is 2.46. The molecule has 6 heteroatoms. The van der Waals surface area contributed by atoms with Crippen molar-refractivity contribution in [1.82, 2.24) is 10.3 Å². The maximum absolute atomic E-state index is 12.1. The van der Waals surface area contributed by atoms with Gasteiger partial charge in [0.1, 0.15) is 5.82 Å². The van der Waals surface area contributed by atoms with E-state index in [2.05, 4.69) is 29.0 Å². The Bertz CT molecular complexity index is 482. The lowest BCUT2D eigenvalue weighted by atomic mass is 10.2. The Morgan fingerprint density at radius 2 is 2.14 bits per heavy atom. The standard InChI is InChI=1S/C16H25N3O3/c1-11(10-21-4)18-16(20)14-5-6-15(17-7-14)19-8-12(2)22-13(3)9-19/h5-7,11-13H,8-10H2,1-4H3,(H,18,20)/t11-,12-,13+/m1/s1. The summed E-state index contributed by atoms with van der Waals surface area (Å²) in [6.45, 7) is 8.13. The van der Waals surface area contributed by atoms with Crippen LogP contribution in [0.4, 0.5) is 5.82 Å². The van der Waals surface area contributed by atoms with Crippen LogP contribution in [-0.2, 0) is 9.47 Å². The Morgan fingerprint density at radius 1 is 1.45 bits per heavy atom. The van der Waals surface area contributed by atoms with Crippen LogP contribution >= 0.6 is 0 Å².